The average molecular weight is 475 g/mol. The SMILES string of the molecule is CCOc1ccc([C@@H]2CC(=O)N(c3sc4c(c3C#N)CCCC4)C3=C2C(=O)CC(C)(C)C3)cc1. The van der Waals surface area contributed by atoms with E-state index in [2.05, 4.69) is 19.9 Å². The minimum Gasteiger partial charge on any atom is -0.494 e. The lowest BCUT2D eigenvalue weighted by molar-refractivity contribution is -0.120. The zero-order chi connectivity index (χ0) is 24.0. The fourth-order valence-corrected chi connectivity index (χ4v) is 7.10. The van der Waals surface area contributed by atoms with Gasteiger partial charge in [-0.2, -0.15) is 5.26 Å². The predicted octanol–water partition coefficient (Wildman–Crippen LogP) is 6.06. The van der Waals surface area contributed by atoms with Gasteiger partial charge in [0.05, 0.1) is 12.2 Å². The molecule has 1 aromatic heterocycles. The van der Waals surface area contributed by atoms with E-state index in [1.165, 1.54) is 4.88 Å². The Bertz CT molecular complexity index is 1230. The number of ketones is 1. The first-order valence-electron chi connectivity index (χ1n) is 12.2. The van der Waals surface area contributed by atoms with E-state index in [0.29, 0.717) is 25.0 Å². The number of amides is 1. The molecule has 5 rings (SSSR count). The van der Waals surface area contributed by atoms with Gasteiger partial charge >= 0.3 is 0 Å². The van der Waals surface area contributed by atoms with Crippen LogP contribution < -0.4 is 9.64 Å². The van der Waals surface area contributed by atoms with Crippen molar-refractivity contribution < 1.29 is 14.3 Å². The van der Waals surface area contributed by atoms with Crippen LogP contribution >= 0.6 is 11.3 Å². The summed E-state index contributed by atoms with van der Waals surface area (Å²) in [5, 5.41) is 10.8. The van der Waals surface area contributed by atoms with E-state index >= 15 is 0 Å². The third-order valence-corrected chi connectivity index (χ3v) is 8.48. The molecule has 6 heteroatoms. The number of aryl methyl sites for hydroxylation is 1. The number of nitriles is 1. The minimum absolute atomic E-state index is 0.0294. The highest BCUT2D eigenvalue weighted by atomic mass is 32.1. The number of allylic oxidation sites excluding steroid dienone is 2. The van der Waals surface area contributed by atoms with Crippen molar-refractivity contribution >= 4 is 28.0 Å². The molecule has 0 fully saturated rings. The molecule has 176 valence electrons. The molecule has 0 bridgehead atoms. The molecule has 2 aromatic rings. The number of ether oxygens (including phenoxy) is 1. The Hall–Kier alpha value is -2.91. The van der Waals surface area contributed by atoms with Gasteiger partial charge in [-0.05, 0) is 67.7 Å². The Morgan fingerprint density at radius 1 is 1.15 bits per heavy atom. The summed E-state index contributed by atoms with van der Waals surface area (Å²) >= 11 is 1.58. The van der Waals surface area contributed by atoms with Crippen LogP contribution in [0.15, 0.2) is 35.5 Å². The molecular weight excluding hydrogens is 444 g/mol. The van der Waals surface area contributed by atoms with E-state index in [0.717, 1.165) is 58.8 Å². The van der Waals surface area contributed by atoms with Gasteiger partial charge in [-0.3, -0.25) is 14.5 Å². The maximum Gasteiger partial charge on any atom is 0.232 e. The summed E-state index contributed by atoms with van der Waals surface area (Å²) in [6, 6.07) is 10.2. The molecular formula is C28H30N2O3S. The predicted molar refractivity (Wildman–Crippen MR) is 133 cm³/mol. The fraction of sp³-hybridized carbons (Fsp3) is 0.464. The van der Waals surface area contributed by atoms with Crippen LogP contribution in [0.3, 0.4) is 0 Å². The van der Waals surface area contributed by atoms with Gasteiger partial charge in [-0.1, -0.05) is 26.0 Å². The summed E-state index contributed by atoms with van der Waals surface area (Å²) in [4.78, 5) is 30.3. The summed E-state index contributed by atoms with van der Waals surface area (Å²) < 4.78 is 5.58. The van der Waals surface area contributed by atoms with Crippen molar-refractivity contribution in [1.29, 1.82) is 5.26 Å². The van der Waals surface area contributed by atoms with Crippen molar-refractivity contribution in [2.24, 2.45) is 5.41 Å². The van der Waals surface area contributed by atoms with Gasteiger partial charge in [-0.25, -0.2) is 0 Å². The molecule has 1 aromatic carbocycles. The molecule has 5 nitrogen and oxygen atoms in total. The second-order valence-electron chi connectivity index (χ2n) is 10.3. The number of carbonyl (C=O) groups is 2. The highest BCUT2D eigenvalue weighted by molar-refractivity contribution is 7.16. The number of Topliss-reactive ketones (excluding diaryl/α,β-unsaturated/α-hetero) is 1. The van der Waals surface area contributed by atoms with Gasteiger partial charge in [0.25, 0.3) is 0 Å². The summed E-state index contributed by atoms with van der Waals surface area (Å²) in [7, 11) is 0. The molecule has 1 amide bonds. The Labute approximate surface area is 205 Å². The first-order valence-corrected chi connectivity index (χ1v) is 13.0. The molecule has 0 unspecified atom stereocenters. The summed E-state index contributed by atoms with van der Waals surface area (Å²) in [6.45, 7) is 6.70. The van der Waals surface area contributed by atoms with Gasteiger partial charge in [0.2, 0.25) is 5.91 Å². The van der Waals surface area contributed by atoms with Crippen molar-refractivity contribution in [3.8, 4) is 11.8 Å². The van der Waals surface area contributed by atoms with E-state index < -0.39 is 0 Å². The number of benzene rings is 1. The third kappa shape index (κ3) is 3.86. The second kappa shape index (κ2) is 8.70. The molecule has 0 radical (unpaired) electrons. The van der Waals surface area contributed by atoms with Crippen molar-refractivity contribution in [2.45, 2.75) is 71.6 Å². The quantitative estimate of drug-likeness (QED) is 0.540. The topological polar surface area (TPSA) is 70.4 Å². The number of hydrogen-bond acceptors (Lipinski definition) is 5. The lowest BCUT2D eigenvalue weighted by Gasteiger charge is -2.42. The Morgan fingerprint density at radius 3 is 2.59 bits per heavy atom. The molecule has 0 saturated carbocycles. The molecule has 1 atom stereocenters. The van der Waals surface area contributed by atoms with Crippen LogP contribution in [-0.2, 0) is 22.4 Å². The standard InChI is InChI=1S/C28H30N2O3S/c1-4-33-18-11-9-17(10-12-18)20-13-25(32)30(22-14-28(2,3)15-23(31)26(20)22)27-21(16-29)19-7-5-6-8-24(19)34-27/h9-12,20H,4-8,13-15H2,1-3H3/t20-/m0/s1. The summed E-state index contributed by atoms with van der Waals surface area (Å²) in [5.74, 6) is 0.599. The molecule has 34 heavy (non-hydrogen) atoms. The first kappa shape index (κ1) is 22.9. The van der Waals surface area contributed by atoms with Crippen LogP contribution in [-0.4, -0.2) is 18.3 Å². The zero-order valence-corrected chi connectivity index (χ0v) is 20.9. The van der Waals surface area contributed by atoms with Crippen LogP contribution in [0.1, 0.15) is 80.4 Å². The normalized spacial score (nSPS) is 21.7. The smallest absolute Gasteiger partial charge is 0.232 e. The maximum atomic E-state index is 13.8. The van der Waals surface area contributed by atoms with E-state index in [-0.39, 0.29) is 29.4 Å². The summed E-state index contributed by atoms with van der Waals surface area (Å²) in [5.41, 5.74) is 4.01. The van der Waals surface area contributed by atoms with E-state index in [1.54, 1.807) is 16.2 Å². The largest absolute Gasteiger partial charge is 0.494 e. The van der Waals surface area contributed by atoms with Gasteiger partial charge in [0.15, 0.2) is 5.78 Å². The zero-order valence-electron chi connectivity index (χ0n) is 20.1. The molecule has 2 aliphatic carbocycles. The molecule has 1 aliphatic heterocycles. The van der Waals surface area contributed by atoms with Gasteiger partial charge < -0.3 is 4.74 Å². The number of nitrogens with zero attached hydrogens (tertiary/aromatic N) is 2. The number of carbonyl (C=O) groups excluding carboxylic acids is 2. The molecule has 0 spiro atoms. The Morgan fingerprint density at radius 2 is 1.88 bits per heavy atom. The van der Waals surface area contributed by atoms with Crippen LogP contribution in [0.5, 0.6) is 5.75 Å². The van der Waals surface area contributed by atoms with Crippen molar-refractivity contribution in [3.05, 3.63) is 57.1 Å². The number of fused-ring (bicyclic) bond motifs is 1. The average Bonchev–Trinajstić information content (AvgIpc) is 3.16. The molecule has 0 N–H and O–H groups in total. The van der Waals surface area contributed by atoms with Crippen LogP contribution in [0, 0.1) is 16.7 Å². The highest BCUT2D eigenvalue weighted by Gasteiger charge is 2.45. The van der Waals surface area contributed by atoms with Crippen molar-refractivity contribution in [3.63, 3.8) is 0 Å². The van der Waals surface area contributed by atoms with Crippen LogP contribution in [0.4, 0.5) is 5.00 Å². The minimum atomic E-state index is -0.266. The van der Waals surface area contributed by atoms with E-state index in [9.17, 15) is 14.9 Å². The third-order valence-electron chi connectivity index (χ3n) is 7.20. The Balaban J connectivity index is 1.65. The monoisotopic (exact) mass is 474 g/mol. The lowest BCUT2D eigenvalue weighted by Crippen LogP contribution is -2.43. The van der Waals surface area contributed by atoms with Gasteiger partial charge in [0.1, 0.15) is 16.8 Å². The van der Waals surface area contributed by atoms with Crippen LogP contribution in [0.25, 0.3) is 0 Å². The molecule has 0 saturated heterocycles. The van der Waals surface area contributed by atoms with Gasteiger partial charge in [0, 0.05) is 34.9 Å². The van der Waals surface area contributed by atoms with E-state index in [4.69, 9.17) is 4.74 Å². The Kier molecular flexibility index (Phi) is 5.85. The highest BCUT2D eigenvalue weighted by Crippen LogP contribution is 2.51. The van der Waals surface area contributed by atoms with E-state index in [1.807, 2.05) is 31.2 Å². The maximum absolute atomic E-state index is 13.8. The number of hydrogen-bond donors (Lipinski definition) is 0. The van der Waals surface area contributed by atoms with Crippen molar-refractivity contribution in [2.75, 3.05) is 11.5 Å². The first-order chi connectivity index (χ1) is 16.3. The molecule has 2 heterocycles. The second-order valence-corrected chi connectivity index (χ2v) is 11.4. The summed E-state index contributed by atoms with van der Waals surface area (Å²) in [6.07, 6.45) is 5.38. The van der Waals surface area contributed by atoms with Crippen molar-refractivity contribution in [1.82, 2.24) is 0 Å². The molecule has 3 aliphatic rings. The number of thiophene rings is 1. The van der Waals surface area contributed by atoms with Crippen LogP contribution in [0.2, 0.25) is 0 Å². The fourth-order valence-electron chi connectivity index (χ4n) is 5.72. The lowest BCUT2D eigenvalue weighted by atomic mass is 9.69. The number of anilines is 1. The van der Waals surface area contributed by atoms with Gasteiger partial charge in [-0.15, -0.1) is 11.3 Å². The number of rotatable bonds is 4.